The van der Waals surface area contributed by atoms with Crippen molar-refractivity contribution in [2.45, 2.75) is 172 Å². The Balaban J connectivity index is 6.30. The van der Waals surface area contributed by atoms with Gasteiger partial charge in [-0.15, -0.1) is 0 Å². The largest absolute Gasteiger partial charge is 0.463 e. The Bertz CT molecular complexity index is 1340. The van der Waals surface area contributed by atoms with Crippen LogP contribution in [-0.4, -0.2) is 105 Å². The minimum absolute atomic E-state index is 0.00347. The van der Waals surface area contributed by atoms with Gasteiger partial charge in [0.25, 0.3) is 0 Å². The monoisotopic (exact) mass is 996 g/mol. The van der Waals surface area contributed by atoms with Gasteiger partial charge < -0.3 is 30.7 Å². The Hall–Kier alpha value is -1.28. The highest BCUT2D eigenvalue weighted by molar-refractivity contribution is 6.91. The second-order valence-corrected chi connectivity index (χ2v) is 36.0. The van der Waals surface area contributed by atoms with E-state index in [4.69, 9.17) is 30.7 Å². The summed E-state index contributed by atoms with van der Waals surface area (Å²) in [6, 6.07) is -2.85. The third-order valence-corrected chi connectivity index (χ3v) is 31.4. The maximum Gasteiger partial charge on any atom is 0.389 e. The van der Waals surface area contributed by atoms with E-state index in [0.717, 1.165) is 13.1 Å². The number of ether oxygens (including phenoxy) is 3. The number of unbranched alkanes of at least 4 members (excludes halogenated alkanes) is 1. The summed E-state index contributed by atoms with van der Waals surface area (Å²) in [5, 5.41) is 0. The van der Waals surface area contributed by atoms with Crippen molar-refractivity contribution >= 4 is 54.3 Å². The summed E-state index contributed by atoms with van der Waals surface area (Å²) in [5.41, 5.74) is 0.214. The Morgan fingerprint density at radius 2 is 0.951 bits per heavy atom. The van der Waals surface area contributed by atoms with Crippen molar-refractivity contribution in [3.8, 4) is 0 Å². The van der Waals surface area contributed by atoms with E-state index < -0.39 is 129 Å². The van der Waals surface area contributed by atoms with Crippen LogP contribution in [0.5, 0.6) is 0 Å². The first kappa shape index (κ1) is 59.7. The lowest BCUT2D eigenvalue weighted by Gasteiger charge is -2.46. The van der Waals surface area contributed by atoms with Gasteiger partial charge in [0, 0.05) is 44.3 Å². The van der Waals surface area contributed by atoms with Gasteiger partial charge >= 0.3 is 62.3 Å². The molecule has 0 N–H and O–H groups in total. The van der Waals surface area contributed by atoms with Crippen molar-refractivity contribution < 1.29 is 92.9 Å². The molecular weight excluding hydrogens is 933 g/mol. The summed E-state index contributed by atoms with van der Waals surface area (Å²) in [5.74, 6) is -1.14. The van der Waals surface area contributed by atoms with Gasteiger partial charge in [-0.3, -0.25) is 4.79 Å². The number of halogens is 12. The number of rotatable bonds is 31. The third-order valence-electron chi connectivity index (χ3n) is 9.07. The Morgan fingerprint density at radius 1 is 0.508 bits per heavy atom. The first-order chi connectivity index (χ1) is 27.4. The van der Waals surface area contributed by atoms with Crippen LogP contribution in [-0.2, 0) is 40.3 Å². The molecule has 0 aromatic rings. The van der Waals surface area contributed by atoms with Crippen LogP contribution in [0.4, 0.5) is 52.7 Å². The van der Waals surface area contributed by atoms with Crippen LogP contribution in [0.3, 0.4) is 0 Å². The lowest BCUT2D eigenvalue weighted by molar-refractivity contribution is -0.147. The summed E-state index contributed by atoms with van der Waals surface area (Å²) in [4.78, 5) is 23.3. The van der Waals surface area contributed by atoms with Crippen molar-refractivity contribution in [3.05, 3.63) is 12.2 Å². The van der Waals surface area contributed by atoms with E-state index in [9.17, 15) is 62.3 Å². The van der Waals surface area contributed by atoms with E-state index in [0.29, 0.717) is 19.3 Å². The maximum absolute atomic E-state index is 13.8. The topological polar surface area (TPSA) is 98.8 Å². The Kier molecular flexibility index (Phi) is 24.9. The molecule has 0 aromatic carbocycles. The minimum Gasteiger partial charge on any atom is -0.463 e. The molecule has 0 saturated carbocycles. The van der Waals surface area contributed by atoms with Crippen molar-refractivity contribution in [2.75, 3.05) is 26.4 Å². The van der Waals surface area contributed by atoms with Gasteiger partial charge in [0.15, 0.2) is 16.6 Å². The summed E-state index contributed by atoms with van der Waals surface area (Å²) in [6.07, 6.45) is -23.6. The predicted octanol–water partition coefficient (Wildman–Crippen LogP) is 12.5. The normalized spacial score (nSPS) is 17.2. The average molecular weight is 997 g/mol. The SMILES string of the molecule is C=C(C)C(=O)OCCCC(=O)OCCOCCC[Si](C)(C)O[Si](C)(CCC(F)(F)F)O[Si](C)(CCC(F)(F)F)O[Si](C)(CCC(F)(F)F)O[Si](C)(CCCC)CCC(F)(F)F. The van der Waals surface area contributed by atoms with Gasteiger partial charge in [-0.2, -0.15) is 52.7 Å². The smallest absolute Gasteiger partial charge is 0.389 e. The standard InChI is InChI=1S/C35H64F12O9Si5/c1-10-11-24-58(6,25-15-32(36,37)38)54-60(8,27-17-34(42,43)44)56-61(9,28-18-35(45,46)47)55-59(7,26-16-33(39,40)41)53-57(4,5)23-13-19-50-21-22-51-30(48)14-12-20-52-31(49)29(2)3/h2,10-28H2,1,3-9H3. The zero-order valence-corrected chi connectivity index (χ0v) is 41.4. The molecule has 0 aliphatic rings. The molecule has 4 atom stereocenters. The Labute approximate surface area is 356 Å². The molecule has 0 aliphatic carbocycles. The molecule has 0 saturated heterocycles. The highest BCUT2D eigenvalue weighted by atomic mass is 28.5. The average Bonchev–Trinajstić information content (AvgIpc) is 3.07. The fourth-order valence-corrected chi connectivity index (χ4v) is 33.0. The molecule has 61 heavy (non-hydrogen) atoms. The molecule has 0 heterocycles. The molecule has 0 bridgehead atoms. The Morgan fingerprint density at radius 3 is 1.39 bits per heavy atom. The van der Waals surface area contributed by atoms with Crippen LogP contribution >= 0.6 is 0 Å². The number of carbonyl (C=O) groups excluding carboxylic acids is 2. The van der Waals surface area contributed by atoms with E-state index >= 15 is 0 Å². The van der Waals surface area contributed by atoms with E-state index in [1.165, 1.54) is 20.0 Å². The van der Waals surface area contributed by atoms with Gasteiger partial charge in [0.05, 0.1) is 13.2 Å². The van der Waals surface area contributed by atoms with Gasteiger partial charge in [0.1, 0.15) is 6.61 Å². The molecule has 0 fully saturated rings. The number of carbonyl (C=O) groups is 2. The van der Waals surface area contributed by atoms with E-state index in [-0.39, 0.29) is 56.9 Å². The number of esters is 2. The molecule has 362 valence electrons. The number of alkyl halides is 12. The quantitative estimate of drug-likeness (QED) is 0.0221. The number of hydrogen-bond acceptors (Lipinski definition) is 9. The molecular formula is C35H64F12O9Si5. The van der Waals surface area contributed by atoms with Crippen molar-refractivity contribution in [2.24, 2.45) is 0 Å². The molecule has 9 nitrogen and oxygen atoms in total. The van der Waals surface area contributed by atoms with Gasteiger partial charge in [0.2, 0.25) is 0 Å². The van der Waals surface area contributed by atoms with E-state index in [1.807, 2.05) is 0 Å². The highest BCUT2D eigenvalue weighted by Gasteiger charge is 2.54. The van der Waals surface area contributed by atoms with Crippen LogP contribution in [0, 0.1) is 0 Å². The lowest BCUT2D eigenvalue weighted by atomic mass is 10.3. The molecule has 26 heteroatoms. The molecule has 0 radical (unpaired) electrons. The van der Waals surface area contributed by atoms with Crippen molar-refractivity contribution in [1.29, 1.82) is 0 Å². The zero-order chi connectivity index (χ0) is 47.6. The second kappa shape index (κ2) is 25.4. The van der Waals surface area contributed by atoms with Crippen LogP contribution in [0.2, 0.25) is 75.5 Å². The summed E-state index contributed by atoms with van der Waals surface area (Å²) in [7, 11) is -19.8. The highest BCUT2D eigenvalue weighted by Crippen LogP contribution is 2.41. The summed E-state index contributed by atoms with van der Waals surface area (Å²) < 4.78 is 204. The molecule has 0 spiro atoms. The van der Waals surface area contributed by atoms with Crippen LogP contribution in [0.1, 0.15) is 71.6 Å². The molecule has 0 aromatic heterocycles. The van der Waals surface area contributed by atoms with Crippen molar-refractivity contribution in [3.63, 3.8) is 0 Å². The second-order valence-electron chi connectivity index (χ2n) is 16.5. The maximum atomic E-state index is 13.8. The molecule has 0 amide bonds. The van der Waals surface area contributed by atoms with Crippen molar-refractivity contribution in [1.82, 2.24) is 0 Å². The van der Waals surface area contributed by atoms with E-state index in [1.54, 1.807) is 20.0 Å². The van der Waals surface area contributed by atoms with Crippen LogP contribution in [0.25, 0.3) is 0 Å². The first-order valence-electron chi connectivity index (χ1n) is 20.1. The summed E-state index contributed by atoms with van der Waals surface area (Å²) >= 11 is 0. The lowest BCUT2D eigenvalue weighted by Crippen LogP contribution is -2.62. The first-order valence-corrected chi connectivity index (χ1v) is 33.6. The number of hydrogen-bond donors (Lipinski definition) is 0. The van der Waals surface area contributed by atoms with Crippen LogP contribution in [0.15, 0.2) is 12.2 Å². The van der Waals surface area contributed by atoms with Gasteiger partial charge in [-0.25, -0.2) is 4.79 Å². The molecule has 4 unspecified atom stereocenters. The zero-order valence-electron chi connectivity index (χ0n) is 36.4. The molecule has 0 aliphatic heterocycles. The minimum atomic E-state index is -4.85. The third kappa shape index (κ3) is 31.3. The fraction of sp³-hybridized carbons (Fsp3) is 0.886. The molecule has 0 rings (SSSR count). The fourth-order valence-electron chi connectivity index (χ4n) is 6.22. The predicted molar refractivity (Wildman–Crippen MR) is 216 cm³/mol. The van der Waals surface area contributed by atoms with Gasteiger partial charge in [-0.05, 0) is 95.3 Å². The van der Waals surface area contributed by atoms with Gasteiger partial charge in [-0.1, -0.05) is 26.3 Å². The summed E-state index contributed by atoms with van der Waals surface area (Å²) in [6.45, 7) is 14.9. The van der Waals surface area contributed by atoms with E-state index in [2.05, 4.69) is 6.58 Å². The van der Waals surface area contributed by atoms with Crippen LogP contribution < -0.4 is 0 Å².